The molecule has 0 bridgehead atoms. The number of carbonyl (C=O) groups is 2. The van der Waals surface area contributed by atoms with E-state index in [1.165, 1.54) is 6.92 Å². The molecule has 0 unspecified atom stereocenters. The van der Waals surface area contributed by atoms with E-state index in [1.807, 2.05) is 6.92 Å². The lowest BCUT2D eigenvalue weighted by atomic mass is 9.43. The van der Waals surface area contributed by atoms with Crippen molar-refractivity contribution in [3.05, 3.63) is 0 Å². The maximum atomic E-state index is 12.3. The number of rotatable bonds is 7. The first-order chi connectivity index (χ1) is 16.7. The van der Waals surface area contributed by atoms with Crippen LogP contribution in [0.3, 0.4) is 0 Å². The fraction of sp³-hybridized carbons (Fsp3) is 0.923. The molecule has 0 spiro atoms. The molecule has 0 amide bonds. The molecule has 0 aromatic rings. The van der Waals surface area contributed by atoms with Crippen LogP contribution in [0.5, 0.6) is 0 Å². The zero-order chi connectivity index (χ0) is 26.6. The second-order valence-electron chi connectivity index (χ2n) is 12.5. The zero-order valence-corrected chi connectivity index (χ0v) is 22.5. The highest BCUT2D eigenvalue weighted by Crippen LogP contribution is 2.69. The standard InChI is InChI=1S/C26H42O9S/c1-14(5-8-23(29)30)18-6-7-19-24-20(13-22(26(18,19)4)34-15(2)27)25(3)10-9-17(28)11-16(25)12-21(24)35-36(31,32)33/h14,16-22,24,28H,5-13H2,1-4H3,(H,29,30)(H,31,32,33)/p-2/t14-,16+,17-,18-,19+,20+,21-,22+,24+,25+,26-/m1/s1. The first-order valence-corrected chi connectivity index (χ1v) is 14.7. The number of carboxylic acids is 1. The van der Waals surface area contributed by atoms with Gasteiger partial charge in [0.05, 0.1) is 12.2 Å². The molecule has 1 N–H and O–H groups in total. The summed E-state index contributed by atoms with van der Waals surface area (Å²) in [6.45, 7) is 7.71. The number of ether oxygens (including phenoxy) is 1. The fourth-order valence-electron chi connectivity index (χ4n) is 9.25. The van der Waals surface area contributed by atoms with Crippen molar-refractivity contribution in [2.75, 3.05) is 0 Å². The van der Waals surface area contributed by atoms with Crippen LogP contribution < -0.4 is 5.11 Å². The molecular weight excluding hydrogens is 488 g/mol. The number of hydrogen-bond acceptors (Lipinski definition) is 9. The molecule has 9 nitrogen and oxygen atoms in total. The molecule has 4 saturated carbocycles. The SMILES string of the molecule is CC(=O)O[C@H]1C[C@H]2[C@@H]([C@H](OS(=O)(=O)[O-])C[C@@H]3C[C@H](O)CC[C@@]32C)[C@@H]2CC[C@H]([C@H](C)CCC(=O)[O-])[C@@]12C. The van der Waals surface area contributed by atoms with Gasteiger partial charge in [-0.05, 0) is 98.7 Å². The van der Waals surface area contributed by atoms with Crippen molar-refractivity contribution in [2.24, 2.45) is 46.3 Å². The van der Waals surface area contributed by atoms with Gasteiger partial charge in [0, 0.05) is 18.3 Å². The summed E-state index contributed by atoms with van der Waals surface area (Å²) in [5.41, 5.74) is -0.710. The summed E-state index contributed by atoms with van der Waals surface area (Å²) >= 11 is 0. The van der Waals surface area contributed by atoms with E-state index in [1.54, 1.807) is 0 Å². The fourth-order valence-corrected chi connectivity index (χ4v) is 9.76. The van der Waals surface area contributed by atoms with Gasteiger partial charge in [-0.2, -0.15) is 0 Å². The smallest absolute Gasteiger partial charge is 0.302 e. The molecule has 4 rings (SSSR count). The minimum atomic E-state index is -4.94. The topological polar surface area (TPSA) is 153 Å². The van der Waals surface area contributed by atoms with Crippen molar-refractivity contribution in [1.82, 2.24) is 0 Å². The monoisotopic (exact) mass is 528 g/mol. The molecule has 4 aliphatic rings. The van der Waals surface area contributed by atoms with Crippen molar-refractivity contribution in [2.45, 2.75) is 104 Å². The van der Waals surface area contributed by atoms with Gasteiger partial charge in [0.2, 0.25) is 10.4 Å². The van der Waals surface area contributed by atoms with Crippen LogP contribution in [-0.4, -0.2) is 48.3 Å². The van der Waals surface area contributed by atoms with E-state index in [0.29, 0.717) is 32.1 Å². The summed E-state index contributed by atoms with van der Waals surface area (Å²) in [5, 5.41) is 21.5. The summed E-state index contributed by atoms with van der Waals surface area (Å²) in [4.78, 5) is 23.4. The number of carboxylic acid groups (broad SMARTS) is 1. The molecule has 0 heterocycles. The van der Waals surface area contributed by atoms with Crippen molar-refractivity contribution in [3.63, 3.8) is 0 Å². The highest BCUT2D eigenvalue weighted by atomic mass is 32.3. The Morgan fingerprint density at radius 2 is 1.81 bits per heavy atom. The number of esters is 1. The number of fused-ring (bicyclic) bond motifs is 5. The van der Waals surface area contributed by atoms with Gasteiger partial charge in [0.15, 0.2) is 0 Å². The summed E-state index contributed by atoms with van der Waals surface area (Å²) in [7, 11) is -4.94. The van der Waals surface area contributed by atoms with Crippen molar-refractivity contribution in [3.8, 4) is 0 Å². The van der Waals surface area contributed by atoms with Crippen molar-refractivity contribution in [1.29, 1.82) is 0 Å². The molecule has 36 heavy (non-hydrogen) atoms. The van der Waals surface area contributed by atoms with Crippen LogP contribution in [0.1, 0.15) is 85.5 Å². The summed E-state index contributed by atoms with van der Waals surface area (Å²) < 4.78 is 46.7. The quantitative estimate of drug-likeness (QED) is 0.297. The van der Waals surface area contributed by atoms with Crippen molar-refractivity contribution >= 4 is 22.3 Å². The van der Waals surface area contributed by atoms with Crippen LogP contribution in [0.15, 0.2) is 0 Å². The molecule has 4 aliphatic carbocycles. The number of hydrogen-bond donors (Lipinski definition) is 1. The molecule has 206 valence electrons. The normalized spacial score (nSPS) is 45.2. The third-order valence-electron chi connectivity index (χ3n) is 10.8. The van der Waals surface area contributed by atoms with Gasteiger partial charge in [-0.15, -0.1) is 0 Å². The van der Waals surface area contributed by atoms with Gasteiger partial charge < -0.3 is 24.3 Å². The van der Waals surface area contributed by atoms with Crippen LogP contribution in [0.25, 0.3) is 0 Å². The maximum absolute atomic E-state index is 12.3. The van der Waals surface area contributed by atoms with E-state index in [2.05, 4.69) is 13.8 Å². The first-order valence-electron chi connectivity index (χ1n) is 13.4. The first kappa shape index (κ1) is 27.8. The summed E-state index contributed by atoms with van der Waals surface area (Å²) in [5.74, 6) is -1.67. The summed E-state index contributed by atoms with van der Waals surface area (Å²) in [6, 6.07) is 0. The summed E-state index contributed by atoms with van der Waals surface area (Å²) in [6.07, 6.45) is 3.17. The Kier molecular flexibility index (Phi) is 7.58. The zero-order valence-electron chi connectivity index (χ0n) is 21.7. The molecule has 4 fully saturated rings. The van der Waals surface area contributed by atoms with E-state index in [9.17, 15) is 32.8 Å². The van der Waals surface area contributed by atoms with Gasteiger partial charge >= 0.3 is 5.97 Å². The van der Waals surface area contributed by atoms with Gasteiger partial charge in [-0.25, -0.2) is 8.42 Å². The molecule has 0 aromatic heterocycles. The molecule has 11 atom stereocenters. The molecule has 0 aliphatic heterocycles. The number of carbonyl (C=O) groups excluding carboxylic acids is 2. The Bertz CT molecular complexity index is 966. The van der Waals surface area contributed by atoms with E-state index >= 15 is 0 Å². The van der Waals surface area contributed by atoms with Crippen LogP contribution in [-0.2, 0) is 28.9 Å². The molecule has 10 heteroatoms. The number of aliphatic hydroxyl groups is 1. The maximum Gasteiger partial charge on any atom is 0.302 e. The Morgan fingerprint density at radius 3 is 2.42 bits per heavy atom. The van der Waals surface area contributed by atoms with Gasteiger partial charge in [0.25, 0.3) is 0 Å². The molecule has 0 saturated heterocycles. The Morgan fingerprint density at radius 1 is 1.11 bits per heavy atom. The number of aliphatic hydroxyl groups excluding tert-OH is 1. The average Bonchev–Trinajstić information content (AvgIpc) is 3.10. The largest absolute Gasteiger partial charge is 0.726 e. The van der Waals surface area contributed by atoms with E-state index < -0.39 is 40.1 Å². The second kappa shape index (κ2) is 9.82. The van der Waals surface area contributed by atoms with E-state index in [0.717, 1.165) is 19.3 Å². The van der Waals surface area contributed by atoms with Gasteiger partial charge in [-0.3, -0.25) is 8.98 Å². The predicted octanol–water partition coefficient (Wildman–Crippen LogP) is 2.17. The minimum Gasteiger partial charge on any atom is -0.726 e. The average molecular weight is 529 g/mol. The van der Waals surface area contributed by atoms with Gasteiger partial charge in [0.1, 0.15) is 6.10 Å². The van der Waals surface area contributed by atoms with Crippen LogP contribution in [0.4, 0.5) is 0 Å². The minimum absolute atomic E-state index is 0.00391. The van der Waals surface area contributed by atoms with Crippen LogP contribution in [0, 0.1) is 46.3 Å². The molecular formula is C26H40O9S-2. The predicted molar refractivity (Wildman–Crippen MR) is 126 cm³/mol. The van der Waals surface area contributed by atoms with Gasteiger partial charge in [-0.1, -0.05) is 20.8 Å². The highest BCUT2D eigenvalue weighted by Gasteiger charge is 2.67. The second-order valence-corrected chi connectivity index (χ2v) is 13.5. The lowest BCUT2D eigenvalue weighted by Crippen LogP contribution is -2.63. The Hall–Kier alpha value is -1.23. The van der Waals surface area contributed by atoms with Crippen LogP contribution in [0.2, 0.25) is 0 Å². The third kappa shape index (κ3) is 4.95. The van der Waals surface area contributed by atoms with Crippen LogP contribution >= 0.6 is 0 Å². The Labute approximate surface area is 214 Å². The van der Waals surface area contributed by atoms with E-state index in [4.69, 9.17) is 8.92 Å². The third-order valence-corrected chi connectivity index (χ3v) is 11.3. The Balaban J connectivity index is 1.76. The number of aliphatic carboxylic acids is 1. The molecule has 0 aromatic carbocycles. The lowest BCUT2D eigenvalue weighted by molar-refractivity contribution is -0.306. The highest BCUT2D eigenvalue weighted by molar-refractivity contribution is 7.80. The molecule has 0 radical (unpaired) electrons. The lowest BCUT2D eigenvalue weighted by Gasteiger charge is -2.64. The van der Waals surface area contributed by atoms with Crippen molar-refractivity contribution < 1.29 is 41.7 Å². The van der Waals surface area contributed by atoms with E-state index in [-0.39, 0.29) is 53.3 Å².